The number of β-amino-alcohol motifs (C(OH)–C–C–N with tert-alkyl or cyclic N) is 1. The summed E-state index contributed by atoms with van der Waals surface area (Å²) in [7, 11) is 0. The number of aliphatic hydroxyl groups excluding tert-OH is 1. The third kappa shape index (κ3) is 3.02. The Morgan fingerprint density at radius 2 is 2.00 bits per heavy atom. The lowest BCUT2D eigenvalue weighted by Crippen LogP contribution is -2.24. The zero-order chi connectivity index (χ0) is 16.6. The average molecular weight is 336 g/mol. The predicted octanol–water partition coefficient (Wildman–Crippen LogP) is 3.49. The summed E-state index contributed by atoms with van der Waals surface area (Å²) < 4.78 is 14.0. The number of carboxylic acid groups (broad SMARTS) is 1. The minimum atomic E-state index is -1.31. The maximum atomic E-state index is 14.0. The maximum absolute atomic E-state index is 14.0. The molecule has 2 N–H and O–H groups in total. The molecule has 1 fully saturated rings. The molecule has 0 aromatic heterocycles. The van der Waals surface area contributed by atoms with E-state index in [9.17, 15) is 14.3 Å². The number of hydrogen-bond acceptors (Lipinski definition) is 3. The smallest absolute Gasteiger partial charge is 0.338 e. The average Bonchev–Trinajstić information content (AvgIpc) is 2.89. The summed E-state index contributed by atoms with van der Waals surface area (Å²) in [5.74, 6) is -2.10. The van der Waals surface area contributed by atoms with Crippen molar-refractivity contribution in [2.24, 2.45) is 0 Å². The topological polar surface area (TPSA) is 60.8 Å². The van der Waals surface area contributed by atoms with Gasteiger partial charge in [0.25, 0.3) is 0 Å². The van der Waals surface area contributed by atoms with Crippen molar-refractivity contribution in [3.05, 3.63) is 64.4 Å². The molecule has 2 unspecified atom stereocenters. The molecule has 0 saturated carbocycles. The highest BCUT2D eigenvalue weighted by Gasteiger charge is 2.33. The van der Waals surface area contributed by atoms with Gasteiger partial charge in [0.2, 0.25) is 0 Å². The summed E-state index contributed by atoms with van der Waals surface area (Å²) in [6.07, 6.45) is -0.0788. The van der Waals surface area contributed by atoms with Crippen LogP contribution in [0.4, 0.5) is 10.1 Å². The van der Waals surface area contributed by atoms with Crippen LogP contribution in [0.25, 0.3) is 0 Å². The highest BCUT2D eigenvalue weighted by molar-refractivity contribution is 6.31. The third-order valence-electron chi connectivity index (χ3n) is 4.06. The van der Waals surface area contributed by atoms with Gasteiger partial charge in [-0.05, 0) is 36.2 Å². The predicted molar refractivity (Wildman–Crippen MR) is 85.5 cm³/mol. The van der Waals surface area contributed by atoms with E-state index in [2.05, 4.69) is 0 Å². The lowest BCUT2D eigenvalue weighted by atomic mass is 10.0. The fraction of sp³-hybridized carbons (Fsp3) is 0.235. The van der Waals surface area contributed by atoms with Crippen LogP contribution in [0.15, 0.2) is 42.5 Å². The Labute approximate surface area is 137 Å². The summed E-state index contributed by atoms with van der Waals surface area (Å²) in [5.41, 5.74) is 1.00. The molecule has 0 radical (unpaired) electrons. The van der Waals surface area contributed by atoms with Crippen molar-refractivity contribution < 1.29 is 19.4 Å². The summed E-state index contributed by atoms with van der Waals surface area (Å²) in [6.45, 7) is 0.335. The molecular weight excluding hydrogens is 321 g/mol. The number of nitrogens with zero attached hydrogens (tertiary/aromatic N) is 1. The van der Waals surface area contributed by atoms with Gasteiger partial charge in [-0.1, -0.05) is 29.8 Å². The number of carbonyl (C=O) groups is 1. The lowest BCUT2D eigenvalue weighted by Gasteiger charge is -2.27. The van der Waals surface area contributed by atoms with Crippen LogP contribution in [0.2, 0.25) is 5.02 Å². The number of hydrogen-bond donors (Lipinski definition) is 2. The fourth-order valence-electron chi connectivity index (χ4n) is 3.00. The molecule has 1 heterocycles. The molecule has 23 heavy (non-hydrogen) atoms. The molecule has 1 aliphatic rings. The van der Waals surface area contributed by atoms with Gasteiger partial charge in [0.1, 0.15) is 5.82 Å². The molecule has 1 saturated heterocycles. The van der Waals surface area contributed by atoms with Gasteiger partial charge in [0.05, 0.1) is 17.7 Å². The van der Waals surface area contributed by atoms with Crippen LogP contribution in [0, 0.1) is 5.82 Å². The second kappa shape index (κ2) is 6.18. The lowest BCUT2D eigenvalue weighted by molar-refractivity contribution is 0.0692. The fourth-order valence-corrected chi connectivity index (χ4v) is 3.26. The summed E-state index contributed by atoms with van der Waals surface area (Å²) >= 11 is 6.24. The number of aromatic carboxylic acids is 1. The van der Waals surface area contributed by atoms with E-state index >= 15 is 0 Å². The molecule has 0 amide bonds. The molecule has 2 aromatic rings. The van der Waals surface area contributed by atoms with E-state index in [1.54, 1.807) is 12.1 Å². The van der Waals surface area contributed by atoms with Crippen LogP contribution in [0.5, 0.6) is 0 Å². The monoisotopic (exact) mass is 335 g/mol. The van der Waals surface area contributed by atoms with Crippen molar-refractivity contribution in [1.82, 2.24) is 0 Å². The number of aliphatic hydroxyl groups is 1. The number of rotatable bonds is 3. The van der Waals surface area contributed by atoms with Gasteiger partial charge in [0, 0.05) is 17.3 Å². The molecule has 2 atom stereocenters. The number of benzene rings is 2. The van der Waals surface area contributed by atoms with Crippen LogP contribution >= 0.6 is 11.6 Å². The molecule has 0 aliphatic carbocycles. The van der Waals surface area contributed by atoms with Gasteiger partial charge in [-0.25, -0.2) is 9.18 Å². The van der Waals surface area contributed by atoms with Gasteiger partial charge >= 0.3 is 5.97 Å². The standard InChI is InChI=1S/C17H15ClFNO3/c18-14-4-2-1-3-12(14)16-8-11(21)9-20(16)10-5-6-13(17(22)23)15(19)7-10/h1-7,11,16,21H,8-9H2,(H,22,23). The first-order valence-corrected chi connectivity index (χ1v) is 7.57. The zero-order valence-corrected chi connectivity index (χ0v) is 12.9. The van der Waals surface area contributed by atoms with E-state index in [4.69, 9.17) is 16.7 Å². The van der Waals surface area contributed by atoms with Crippen LogP contribution in [0.1, 0.15) is 28.4 Å². The van der Waals surface area contributed by atoms with Crippen LogP contribution in [-0.4, -0.2) is 28.8 Å². The zero-order valence-electron chi connectivity index (χ0n) is 12.1. The SMILES string of the molecule is O=C(O)c1ccc(N2CC(O)CC2c2ccccc2Cl)cc1F. The van der Waals surface area contributed by atoms with Gasteiger partial charge in [-0.3, -0.25) is 0 Å². The van der Waals surface area contributed by atoms with E-state index in [1.807, 2.05) is 23.1 Å². The van der Waals surface area contributed by atoms with E-state index in [0.29, 0.717) is 23.7 Å². The highest BCUT2D eigenvalue weighted by Crippen LogP contribution is 2.39. The molecule has 0 bridgehead atoms. The molecule has 120 valence electrons. The highest BCUT2D eigenvalue weighted by atomic mass is 35.5. The van der Waals surface area contributed by atoms with Crippen LogP contribution in [0.3, 0.4) is 0 Å². The van der Waals surface area contributed by atoms with Gasteiger partial charge in [-0.2, -0.15) is 0 Å². The molecule has 3 rings (SSSR count). The minimum absolute atomic E-state index is 0.186. The van der Waals surface area contributed by atoms with Gasteiger partial charge in [-0.15, -0.1) is 0 Å². The second-order valence-electron chi connectivity index (χ2n) is 5.55. The molecule has 4 nitrogen and oxygen atoms in total. The Morgan fingerprint density at radius 1 is 1.26 bits per heavy atom. The quantitative estimate of drug-likeness (QED) is 0.901. The van der Waals surface area contributed by atoms with Crippen molar-refractivity contribution in [2.45, 2.75) is 18.6 Å². The minimum Gasteiger partial charge on any atom is -0.478 e. The molecule has 1 aliphatic heterocycles. The normalized spacial score (nSPS) is 20.7. The molecular formula is C17H15ClFNO3. The Balaban J connectivity index is 1.99. The molecule has 0 spiro atoms. The van der Waals surface area contributed by atoms with Gasteiger partial charge < -0.3 is 15.1 Å². The van der Waals surface area contributed by atoms with Crippen LogP contribution < -0.4 is 4.90 Å². The van der Waals surface area contributed by atoms with Crippen LogP contribution in [-0.2, 0) is 0 Å². The maximum Gasteiger partial charge on any atom is 0.338 e. The Hall–Kier alpha value is -2.11. The first kappa shape index (κ1) is 15.8. The molecule has 2 aromatic carbocycles. The van der Waals surface area contributed by atoms with Gasteiger partial charge in [0.15, 0.2) is 0 Å². The number of halogens is 2. The van der Waals surface area contributed by atoms with Crippen molar-refractivity contribution in [3.63, 3.8) is 0 Å². The summed E-state index contributed by atoms with van der Waals surface area (Å²) in [4.78, 5) is 12.8. The number of anilines is 1. The Bertz CT molecular complexity index is 752. The number of carboxylic acids is 1. The van der Waals surface area contributed by atoms with E-state index in [-0.39, 0.29) is 11.6 Å². The second-order valence-corrected chi connectivity index (χ2v) is 5.96. The third-order valence-corrected chi connectivity index (χ3v) is 4.40. The van der Waals surface area contributed by atoms with Crippen molar-refractivity contribution in [2.75, 3.05) is 11.4 Å². The first-order chi connectivity index (χ1) is 11.0. The van der Waals surface area contributed by atoms with E-state index in [1.165, 1.54) is 12.1 Å². The summed E-state index contributed by atoms with van der Waals surface area (Å²) in [5, 5.41) is 19.5. The molecule has 6 heteroatoms. The van der Waals surface area contributed by atoms with Crippen molar-refractivity contribution in [1.29, 1.82) is 0 Å². The van der Waals surface area contributed by atoms with E-state index in [0.717, 1.165) is 5.56 Å². The Kier molecular flexibility index (Phi) is 4.24. The first-order valence-electron chi connectivity index (χ1n) is 7.19. The van der Waals surface area contributed by atoms with E-state index < -0.39 is 17.9 Å². The Morgan fingerprint density at radius 3 is 2.65 bits per heavy atom. The van der Waals surface area contributed by atoms with Crippen molar-refractivity contribution in [3.8, 4) is 0 Å². The largest absolute Gasteiger partial charge is 0.478 e. The summed E-state index contributed by atoms with van der Waals surface area (Å²) in [6, 6.07) is 11.1. The van der Waals surface area contributed by atoms with Crippen molar-refractivity contribution >= 4 is 23.3 Å².